The summed E-state index contributed by atoms with van der Waals surface area (Å²) >= 11 is 0. The molecular weight excluding hydrogens is 230 g/mol. The van der Waals surface area contributed by atoms with Crippen molar-refractivity contribution in [1.82, 2.24) is 6.15 Å². The van der Waals surface area contributed by atoms with E-state index in [1.165, 1.54) is 103 Å². The summed E-state index contributed by atoms with van der Waals surface area (Å²) in [6.45, 7) is 2.30. The highest BCUT2D eigenvalue weighted by molar-refractivity contribution is 4.63. The standard InChI is InChI=1S/C18H36.H3N/c1-2-3-4-5-6-9-12-15-18-16-13-10-7-8-11-14-17-18;/h18H,2-17H2,1H3;1H3. The summed E-state index contributed by atoms with van der Waals surface area (Å²) in [5.41, 5.74) is 0. The van der Waals surface area contributed by atoms with E-state index in [0.29, 0.717) is 0 Å². The van der Waals surface area contributed by atoms with E-state index in [1.54, 1.807) is 0 Å². The predicted molar refractivity (Wildman–Crippen MR) is 88.1 cm³/mol. The van der Waals surface area contributed by atoms with E-state index in [2.05, 4.69) is 6.92 Å². The lowest BCUT2D eigenvalue weighted by atomic mass is 9.91. The molecule has 1 aliphatic rings. The Kier molecular flexibility index (Phi) is 14.3. The minimum Gasteiger partial charge on any atom is -0.344 e. The summed E-state index contributed by atoms with van der Waals surface area (Å²) in [7, 11) is 0. The minimum absolute atomic E-state index is 0. The molecule has 116 valence electrons. The Hall–Kier alpha value is -0.0400. The molecule has 1 fully saturated rings. The third kappa shape index (κ3) is 11.5. The van der Waals surface area contributed by atoms with Gasteiger partial charge in [0.1, 0.15) is 0 Å². The first-order valence-electron chi connectivity index (χ1n) is 8.93. The lowest BCUT2D eigenvalue weighted by Crippen LogP contribution is -2.00. The van der Waals surface area contributed by atoms with Crippen LogP contribution in [0.3, 0.4) is 0 Å². The second kappa shape index (κ2) is 14.4. The first-order chi connectivity index (χ1) is 8.93. The van der Waals surface area contributed by atoms with Gasteiger partial charge >= 0.3 is 0 Å². The van der Waals surface area contributed by atoms with Crippen molar-refractivity contribution in [3.05, 3.63) is 0 Å². The van der Waals surface area contributed by atoms with E-state index < -0.39 is 0 Å². The summed E-state index contributed by atoms with van der Waals surface area (Å²) in [6.07, 6.45) is 23.9. The maximum absolute atomic E-state index is 2.30. The van der Waals surface area contributed by atoms with Crippen molar-refractivity contribution in [1.29, 1.82) is 0 Å². The topological polar surface area (TPSA) is 35.0 Å². The van der Waals surface area contributed by atoms with Gasteiger partial charge in [-0.15, -0.1) is 0 Å². The third-order valence-electron chi connectivity index (χ3n) is 4.69. The van der Waals surface area contributed by atoms with Crippen LogP contribution in [0.4, 0.5) is 0 Å². The lowest BCUT2D eigenvalue weighted by Gasteiger charge is -2.15. The van der Waals surface area contributed by atoms with E-state index in [0.717, 1.165) is 5.92 Å². The fourth-order valence-corrected chi connectivity index (χ4v) is 3.40. The van der Waals surface area contributed by atoms with Crippen molar-refractivity contribution in [2.75, 3.05) is 0 Å². The molecule has 0 amide bonds. The zero-order chi connectivity index (χ0) is 12.9. The molecular formula is C18H39N. The van der Waals surface area contributed by atoms with Crippen LogP contribution >= 0.6 is 0 Å². The van der Waals surface area contributed by atoms with E-state index in [9.17, 15) is 0 Å². The molecule has 19 heavy (non-hydrogen) atoms. The zero-order valence-electron chi connectivity index (χ0n) is 13.6. The van der Waals surface area contributed by atoms with Crippen LogP contribution < -0.4 is 6.15 Å². The highest BCUT2D eigenvalue weighted by atomic mass is 14.2. The molecule has 0 radical (unpaired) electrons. The highest BCUT2D eigenvalue weighted by Crippen LogP contribution is 2.26. The molecule has 0 spiro atoms. The Morgan fingerprint density at radius 1 is 0.632 bits per heavy atom. The van der Waals surface area contributed by atoms with E-state index in [4.69, 9.17) is 0 Å². The summed E-state index contributed by atoms with van der Waals surface area (Å²) < 4.78 is 0. The fourth-order valence-electron chi connectivity index (χ4n) is 3.40. The molecule has 1 rings (SSSR count). The van der Waals surface area contributed by atoms with E-state index >= 15 is 0 Å². The highest BCUT2D eigenvalue weighted by Gasteiger charge is 2.10. The molecule has 0 heterocycles. The van der Waals surface area contributed by atoms with Crippen molar-refractivity contribution < 1.29 is 0 Å². The summed E-state index contributed by atoms with van der Waals surface area (Å²) in [6, 6.07) is 0. The Balaban J connectivity index is 0.00000324. The van der Waals surface area contributed by atoms with Gasteiger partial charge in [0.05, 0.1) is 0 Å². The molecule has 1 saturated carbocycles. The number of hydrogen-bond donors (Lipinski definition) is 1. The number of hydrogen-bond acceptors (Lipinski definition) is 1. The second-order valence-corrected chi connectivity index (χ2v) is 6.47. The van der Waals surface area contributed by atoms with Crippen LogP contribution in [0.1, 0.15) is 110 Å². The monoisotopic (exact) mass is 269 g/mol. The molecule has 3 N–H and O–H groups in total. The van der Waals surface area contributed by atoms with Crippen LogP contribution in [0.5, 0.6) is 0 Å². The molecule has 0 atom stereocenters. The molecule has 0 aliphatic heterocycles. The SMILES string of the molecule is CCCCCCCCCC1CCCCCCCC1.N. The van der Waals surface area contributed by atoms with Crippen LogP contribution in [0.15, 0.2) is 0 Å². The molecule has 0 saturated heterocycles. The van der Waals surface area contributed by atoms with Gasteiger partial charge in [0.15, 0.2) is 0 Å². The molecule has 1 nitrogen and oxygen atoms in total. The van der Waals surface area contributed by atoms with Crippen molar-refractivity contribution in [2.45, 2.75) is 110 Å². The summed E-state index contributed by atoms with van der Waals surface area (Å²) in [5, 5.41) is 0. The minimum atomic E-state index is 0. The zero-order valence-corrected chi connectivity index (χ0v) is 13.6. The van der Waals surface area contributed by atoms with Gasteiger partial charge in [-0.25, -0.2) is 0 Å². The van der Waals surface area contributed by atoms with Crippen molar-refractivity contribution >= 4 is 0 Å². The number of unbranched alkanes of at least 4 members (excludes halogenated alkanes) is 6. The van der Waals surface area contributed by atoms with Gasteiger partial charge in [-0.05, 0) is 5.92 Å². The Labute approximate surface area is 122 Å². The van der Waals surface area contributed by atoms with Gasteiger partial charge in [-0.1, -0.05) is 110 Å². The smallest absolute Gasteiger partial charge is 0.0414 e. The summed E-state index contributed by atoms with van der Waals surface area (Å²) in [4.78, 5) is 0. The number of rotatable bonds is 8. The molecule has 1 aliphatic carbocycles. The molecule has 1 heteroatoms. The Morgan fingerprint density at radius 2 is 1.11 bits per heavy atom. The van der Waals surface area contributed by atoms with Crippen molar-refractivity contribution in [3.8, 4) is 0 Å². The van der Waals surface area contributed by atoms with Gasteiger partial charge < -0.3 is 6.15 Å². The first kappa shape index (κ1) is 19.0. The first-order valence-corrected chi connectivity index (χ1v) is 8.93. The predicted octanol–water partition coefficient (Wildman–Crippen LogP) is 7.04. The maximum Gasteiger partial charge on any atom is -0.0414 e. The van der Waals surface area contributed by atoms with Gasteiger partial charge in [0, 0.05) is 0 Å². The van der Waals surface area contributed by atoms with Crippen LogP contribution in [0.2, 0.25) is 0 Å². The normalized spacial score (nSPS) is 18.2. The largest absolute Gasteiger partial charge is 0.344 e. The van der Waals surface area contributed by atoms with Gasteiger partial charge in [0.25, 0.3) is 0 Å². The van der Waals surface area contributed by atoms with Crippen molar-refractivity contribution in [3.63, 3.8) is 0 Å². The van der Waals surface area contributed by atoms with Gasteiger partial charge in [-0.2, -0.15) is 0 Å². The fraction of sp³-hybridized carbons (Fsp3) is 1.00. The van der Waals surface area contributed by atoms with Gasteiger partial charge in [0.2, 0.25) is 0 Å². The quantitative estimate of drug-likeness (QED) is 0.471. The molecule has 0 bridgehead atoms. The van der Waals surface area contributed by atoms with Crippen molar-refractivity contribution in [2.24, 2.45) is 5.92 Å². The van der Waals surface area contributed by atoms with Crippen LogP contribution in [-0.4, -0.2) is 0 Å². The van der Waals surface area contributed by atoms with E-state index in [1.807, 2.05) is 0 Å². The average Bonchev–Trinajstić information content (AvgIpc) is 2.51. The molecule has 0 unspecified atom stereocenters. The third-order valence-corrected chi connectivity index (χ3v) is 4.69. The molecule has 0 aromatic heterocycles. The maximum atomic E-state index is 2.30. The Morgan fingerprint density at radius 3 is 1.68 bits per heavy atom. The van der Waals surface area contributed by atoms with E-state index in [-0.39, 0.29) is 6.15 Å². The lowest BCUT2D eigenvalue weighted by molar-refractivity contribution is 0.382. The molecule has 0 aromatic carbocycles. The van der Waals surface area contributed by atoms with Crippen LogP contribution in [0, 0.1) is 5.92 Å². The Bertz CT molecular complexity index is 157. The van der Waals surface area contributed by atoms with Gasteiger partial charge in [-0.3, -0.25) is 0 Å². The summed E-state index contributed by atoms with van der Waals surface area (Å²) in [5.74, 6) is 1.08. The second-order valence-electron chi connectivity index (χ2n) is 6.47. The average molecular weight is 270 g/mol. The molecule has 0 aromatic rings. The van der Waals surface area contributed by atoms with Crippen LogP contribution in [0.25, 0.3) is 0 Å². The van der Waals surface area contributed by atoms with Crippen LogP contribution in [-0.2, 0) is 0 Å².